The molecule has 1 heterocycles. The molecule has 0 radical (unpaired) electrons. The number of benzene rings is 12. The van der Waals surface area contributed by atoms with Gasteiger partial charge in [0, 0.05) is 85.5 Å². The fourth-order valence-electron chi connectivity index (χ4n) is 12.0. The molecule has 13 aromatic rings. The normalized spacial score (nSPS) is 11.8. The van der Waals surface area contributed by atoms with Gasteiger partial charge in [0.25, 0.3) is 0 Å². The van der Waals surface area contributed by atoms with Gasteiger partial charge in [0.05, 0.1) is 28.1 Å². The quantitative estimate of drug-likeness (QED) is 0.107. The van der Waals surface area contributed by atoms with Crippen LogP contribution in [0, 0.1) is 0 Å². The van der Waals surface area contributed by atoms with Crippen LogP contribution in [0.3, 0.4) is 0 Å². The summed E-state index contributed by atoms with van der Waals surface area (Å²) in [7, 11) is 0. The van der Waals surface area contributed by atoms with Crippen LogP contribution < -0.4 is 14.7 Å². The van der Waals surface area contributed by atoms with Crippen LogP contribution in [-0.4, -0.2) is 24.2 Å². The van der Waals surface area contributed by atoms with Crippen LogP contribution in [-0.2, 0) is 0 Å². The standard InChI is InChI=1S/C69H58N4/c1-4-39-70(67-57-25-13-7-19-47(57)42-48-20-8-14-26-58(48)67)53-31-33-54(34-32-53)73-65-37-35-55(71(40-5-2)68-59-27-15-9-21-49(59)43-50-22-10-16-28-60(50)68)45-63(65)64-46-56(36-38-66(64)73)72(41-6-3)69-61-29-17-11-23-51(61)44-52-24-12-18-30-62(52)69/h7-38,42-46H,4-6,39-41H2,1-3H3. The van der Waals surface area contributed by atoms with Crippen LogP contribution >= 0.6 is 0 Å². The Hall–Kier alpha value is -8.60. The topological polar surface area (TPSA) is 14.7 Å². The summed E-state index contributed by atoms with van der Waals surface area (Å²) in [5.74, 6) is 0. The van der Waals surface area contributed by atoms with E-state index >= 15 is 0 Å². The van der Waals surface area contributed by atoms with Gasteiger partial charge in [-0.3, -0.25) is 0 Å². The Labute approximate surface area is 427 Å². The Morgan fingerprint density at radius 3 is 0.849 bits per heavy atom. The van der Waals surface area contributed by atoms with Crippen LogP contribution in [0.5, 0.6) is 0 Å². The van der Waals surface area contributed by atoms with Gasteiger partial charge in [-0.1, -0.05) is 166 Å². The van der Waals surface area contributed by atoms with E-state index in [1.165, 1.54) is 121 Å². The maximum atomic E-state index is 2.58. The SMILES string of the molecule is CCCN(c1ccc(-n2c3ccc(N(CCC)c4c5ccccc5cc5ccccc45)cc3c3cc(N(CCC)c4c5ccccc5cc5ccccc45)ccc32)cc1)c1c2ccccc2cc2ccccc12. The van der Waals surface area contributed by atoms with Gasteiger partial charge < -0.3 is 19.3 Å². The lowest BCUT2D eigenvalue weighted by Gasteiger charge is -2.28. The van der Waals surface area contributed by atoms with E-state index in [0.29, 0.717) is 0 Å². The highest BCUT2D eigenvalue weighted by molar-refractivity contribution is 6.17. The lowest BCUT2D eigenvalue weighted by Crippen LogP contribution is -2.18. The second-order valence-electron chi connectivity index (χ2n) is 19.7. The summed E-state index contributed by atoms with van der Waals surface area (Å²) in [6.07, 6.45) is 3.02. The van der Waals surface area contributed by atoms with Gasteiger partial charge >= 0.3 is 0 Å². The Morgan fingerprint density at radius 2 is 0.548 bits per heavy atom. The summed E-state index contributed by atoms with van der Waals surface area (Å²) in [6, 6.07) is 84.1. The van der Waals surface area contributed by atoms with Gasteiger partial charge in [-0.05, 0) is 130 Å². The summed E-state index contributed by atoms with van der Waals surface area (Å²) in [6.45, 7) is 9.54. The molecule has 12 aromatic carbocycles. The van der Waals surface area contributed by atoms with E-state index in [-0.39, 0.29) is 0 Å². The molecule has 0 unspecified atom stereocenters. The predicted octanol–water partition coefficient (Wildman–Crippen LogP) is 19.3. The number of rotatable bonds is 13. The maximum absolute atomic E-state index is 2.58. The third kappa shape index (κ3) is 7.51. The van der Waals surface area contributed by atoms with Crippen molar-refractivity contribution in [3.05, 3.63) is 224 Å². The van der Waals surface area contributed by atoms with Gasteiger partial charge in [0.2, 0.25) is 0 Å². The average molecular weight is 943 g/mol. The van der Waals surface area contributed by atoms with Gasteiger partial charge in [0.15, 0.2) is 0 Å². The van der Waals surface area contributed by atoms with Crippen molar-refractivity contribution in [2.75, 3.05) is 34.3 Å². The largest absolute Gasteiger partial charge is 0.340 e. The minimum atomic E-state index is 0.882. The highest BCUT2D eigenvalue weighted by atomic mass is 15.2. The van der Waals surface area contributed by atoms with E-state index in [4.69, 9.17) is 0 Å². The molecule has 0 spiro atoms. The van der Waals surface area contributed by atoms with Crippen LogP contribution in [0.2, 0.25) is 0 Å². The van der Waals surface area contributed by atoms with E-state index in [1.807, 2.05) is 0 Å². The van der Waals surface area contributed by atoms with Gasteiger partial charge in [-0.25, -0.2) is 0 Å². The zero-order valence-electron chi connectivity index (χ0n) is 41.9. The fourth-order valence-corrected chi connectivity index (χ4v) is 12.0. The molecule has 73 heavy (non-hydrogen) atoms. The molecular formula is C69H58N4. The minimum absolute atomic E-state index is 0.882. The minimum Gasteiger partial charge on any atom is -0.340 e. The van der Waals surface area contributed by atoms with Gasteiger partial charge in [-0.2, -0.15) is 0 Å². The highest BCUT2D eigenvalue weighted by Gasteiger charge is 2.23. The van der Waals surface area contributed by atoms with Crippen LogP contribution in [0.1, 0.15) is 40.0 Å². The average Bonchev–Trinajstić information content (AvgIpc) is 3.76. The Bertz CT molecular complexity index is 3870. The molecule has 0 aliphatic carbocycles. The number of hydrogen-bond acceptors (Lipinski definition) is 3. The summed E-state index contributed by atoms with van der Waals surface area (Å²) in [5, 5.41) is 17.6. The number of hydrogen-bond donors (Lipinski definition) is 0. The monoisotopic (exact) mass is 942 g/mol. The van der Waals surface area contributed by atoms with Crippen LogP contribution in [0.4, 0.5) is 34.1 Å². The Balaban J connectivity index is 1.03. The number of anilines is 6. The third-order valence-electron chi connectivity index (χ3n) is 15.2. The molecule has 354 valence electrons. The first-order chi connectivity index (χ1) is 36.1. The molecule has 0 saturated heterocycles. The van der Waals surface area contributed by atoms with Crippen molar-refractivity contribution in [1.82, 2.24) is 4.57 Å². The molecule has 0 bridgehead atoms. The zero-order valence-corrected chi connectivity index (χ0v) is 41.9. The number of fused-ring (bicyclic) bond motifs is 9. The Morgan fingerprint density at radius 1 is 0.274 bits per heavy atom. The van der Waals surface area contributed by atoms with Crippen molar-refractivity contribution < 1.29 is 0 Å². The molecule has 4 heteroatoms. The van der Waals surface area contributed by atoms with Crippen molar-refractivity contribution in [3.8, 4) is 5.69 Å². The summed E-state index contributed by atoms with van der Waals surface area (Å²) in [5.41, 5.74) is 10.9. The first kappa shape index (κ1) is 44.3. The first-order valence-electron chi connectivity index (χ1n) is 26.3. The molecule has 0 aliphatic heterocycles. The van der Waals surface area contributed by atoms with E-state index in [9.17, 15) is 0 Å². The summed E-state index contributed by atoms with van der Waals surface area (Å²) >= 11 is 0. The molecule has 0 amide bonds. The van der Waals surface area contributed by atoms with E-state index in [1.54, 1.807) is 0 Å². The lowest BCUT2D eigenvalue weighted by atomic mass is 9.99. The number of aromatic nitrogens is 1. The predicted molar refractivity (Wildman–Crippen MR) is 317 cm³/mol. The second-order valence-corrected chi connectivity index (χ2v) is 19.7. The maximum Gasteiger partial charge on any atom is 0.0570 e. The molecule has 13 rings (SSSR count). The summed E-state index contributed by atoms with van der Waals surface area (Å²) in [4.78, 5) is 7.70. The third-order valence-corrected chi connectivity index (χ3v) is 15.2. The van der Waals surface area contributed by atoms with E-state index in [0.717, 1.165) is 44.6 Å². The highest BCUT2D eigenvalue weighted by Crippen LogP contribution is 2.46. The first-order valence-corrected chi connectivity index (χ1v) is 26.3. The van der Waals surface area contributed by atoms with Crippen molar-refractivity contribution in [3.63, 3.8) is 0 Å². The van der Waals surface area contributed by atoms with Crippen molar-refractivity contribution in [2.24, 2.45) is 0 Å². The smallest absolute Gasteiger partial charge is 0.0570 e. The molecule has 1 aromatic heterocycles. The molecular weight excluding hydrogens is 885 g/mol. The van der Waals surface area contributed by atoms with Crippen molar-refractivity contribution >= 4 is 121 Å². The van der Waals surface area contributed by atoms with Crippen LogP contribution in [0.15, 0.2) is 224 Å². The van der Waals surface area contributed by atoms with Crippen molar-refractivity contribution in [2.45, 2.75) is 40.0 Å². The van der Waals surface area contributed by atoms with Gasteiger partial charge in [-0.15, -0.1) is 0 Å². The lowest BCUT2D eigenvalue weighted by molar-refractivity contribution is 0.890. The Kier molecular flexibility index (Phi) is 11.3. The molecule has 0 N–H and O–H groups in total. The molecule has 0 saturated carbocycles. The molecule has 4 nitrogen and oxygen atoms in total. The number of nitrogens with zero attached hydrogens (tertiary/aromatic N) is 4. The molecule has 0 aliphatic rings. The molecule has 0 atom stereocenters. The summed E-state index contributed by atoms with van der Waals surface area (Å²) < 4.78 is 2.49. The zero-order chi connectivity index (χ0) is 49.0. The second kappa shape index (κ2) is 18.5. The van der Waals surface area contributed by atoms with E-state index in [2.05, 4.69) is 264 Å². The van der Waals surface area contributed by atoms with Gasteiger partial charge in [0.1, 0.15) is 0 Å². The van der Waals surface area contributed by atoms with Crippen LogP contribution in [0.25, 0.3) is 92.1 Å². The van der Waals surface area contributed by atoms with Crippen molar-refractivity contribution in [1.29, 1.82) is 0 Å². The van der Waals surface area contributed by atoms with E-state index < -0.39 is 0 Å². The fraction of sp³-hybridized carbons (Fsp3) is 0.130. The molecule has 0 fully saturated rings.